The number of amides is 4. The first kappa shape index (κ1) is 35.1. The van der Waals surface area contributed by atoms with E-state index in [1.54, 1.807) is 18.2 Å². The second-order valence-corrected chi connectivity index (χ2v) is 10.7. The highest BCUT2D eigenvalue weighted by Gasteiger charge is 2.12. The Morgan fingerprint density at radius 3 is 1.15 bits per heavy atom. The standard InChI is InChI=1S/C32H54N4O4/c1-3-5-7-9-11-13-15-17-19-24-29(37)33-35-31(39)27-22-21-23-28(26-27)32(40)36-34-30(38)25-20-18-16-14-12-10-8-6-4-2/h21-23,26H,3-20,24-25H2,1-2H3,(H,33,37)(H,34,38)(H,35,39)(H,36,40). The summed E-state index contributed by atoms with van der Waals surface area (Å²) < 4.78 is 0. The molecule has 8 nitrogen and oxygen atoms in total. The van der Waals surface area contributed by atoms with E-state index in [1.807, 2.05) is 0 Å². The zero-order valence-electron chi connectivity index (χ0n) is 25.1. The highest BCUT2D eigenvalue weighted by Crippen LogP contribution is 2.12. The van der Waals surface area contributed by atoms with E-state index in [9.17, 15) is 19.2 Å². The molecule has 0 atom stereocenters. The number of carbonyl (C=O) groups excluding carboxylic acids is 4. The van der Waals surface area contributed by atoms with Crippen LogP contribution in [0.25, 0.3) is 0 Å². The van der Waals surface area contributed by atoms with Crippen LogP contribution < -0.4 is 21.7 Å². The van der Waals surface area contributed by atoms with Gasteiger partial charge in [0.2, 0.25) is 11.8 Å². The van der Waals surface area contributed by atoms with E-state index in [0.717, 1.165) is 38.5 Å². The second kappa shape index (κ2) is 23.9. The lowest BCUT2D eigenvalue weighted by Crippen LogP contribution is -2.42. The molecule has 40 heavy (non-hydrogen) atoms. The Hall–Kier alpha value is -2.90. The van der Waals surface area contributed by atoms with Crippen LogP contribution >= 0.6 is 0 Å². The van der Waals surface area contributed by atoms with Crippen molar-refractivity contribution in [3.63, 3.8) is 0 Å². The molecule has 0 spiro atoms. The van der Waals surface area contributed by atoms with Gasteiger partial charge in [0.05, 0.1) is 0 Å². The fourth-order valence-electron chi connectivity index (χ4n) is 4.52. The summed E-state index contributed by atoms with van der Waals surface area (Å²) >= 11 is 0. The van der Waals surface area contributed by atoms with E-state index in [1.165, 1.54) is 83.1 Å². The molecule has 1 aromatic carbocycles. The Bertz CT molecular complexity index is 794. The highest BCUT2D eigenvalue weighted by molar-refractivity contribution is 6.00. The van der Waals surface area contributed by atoms with Gasteiger partial charge in [0.15, 0.2) is 0 Å². The summed E-state index contributed by atoms with van der Waals surface area (Å²) in [5, 5.41) is 0. The van der Waals surface area contributed by atoms with E-state index in [2.05, 4.69) is 35.6 Å². The monoisotopic (exact) mass is 558 g/mol. The van der Waals surface area contributed by atoms with Crippen LogP contribution in [0.3, 0.4) is 0 Å². The number of carbonyl (C=O) groups is 4. The highest BCUT2D eigenvalue weighted by atomic mass is 16.2. The molecule has 0 bridgehead atoms. The average Bonchev–Trinajstić information content (AvgIpc) is 2.97. The average molecular weight is 559 g/mol. The minimum Gasteiger partial charge on any atom is -0.273 e. The topological polar surface area (TPSA) is 116 Å². The van der Waals surface area contributed by atoms with Crippen LogP contribution in [0.15, 0.2) is 24.3 Å². The SMILES string of the molecule is CCCCCCCCCCCC(=O)NNC(=O)c1cccc(C(=O)NNC(=O)CCCCCCCCCCC)c1. The smallest absolute Gasteiger partial charge is 0.269 e. The lowest BCUT2D eigenvalue weighted by Gasteiger charge is -2.10. The Morgan fingerprint density at radius 2 is 0.800 bits per heavy atom. The molecule has 1 aromatic rings. The Kier molecular flexibility index (Phi) is 21.0. The van der Waals surface area contributed by atoms with Gasteiger partial charge in [-0.05, 0) is 31.0 Å². The molecule has 1 rings (SSSR count). The first-order chi connectivity index (χ1) is 19.5. The van der Waals surface area contributed by atoms with Gasteiger partial charge >= 0.3 is 0 Å². The molecule has 4 N–H and O–H groups in total. The zero-order valence-corrected chi connectivity index (χ0v) is 25.1. The first-order valence-electron chi connectivity index (χ1n) is 15.8. The Morgan fingerprint density at radius 1 is 0.475 bits per heavy atom. The van der Waals surface area contributed by atoms with Crippen molar-refractivity contribution >= 4 is 23.6 Å². The van der Waals surface area contributed by atoms with Gasteiger partial charge in [-0.25, -0.2) is 0 Å². The summed E-state index contributed by atoms with van der Waals surface area (Å²) in [6.45, 7) is 4.43. The molecular weight excluding hydrogens is 504 g/mol. The molecule has 226 valence electrons. The Labute approximate surface area is 242 Å². The molecule has 0 aliphatic rings. The summed E-state index contributed by atoms with van der Waals surface area (Å²) in [5.41, 5.74) is 10.2. The fourth-order valence-corrected chi connectivity index (χ4v) is 4.52. The van der Waals surface area contributed by atoms with Crippen LogP contribution in [0.5, 0.6) is 0 Å². The van der Waals surface area contributed by atoms with Crippen molar-refractivity contribution in [1.29, 1.82) is 0 Å². The van der Waals surface area contributed by atoms with E-state index in [4.69, 9.17) is 0 Å². The van der Waals surface area contributed by atoms with Gasteiger partial charge in [-0.3, -0.25) is 40.9 Å². The first-order valence-corrected chi connectivity index (χ1v) is 15.8. The maximum atomic E-state index is 12.4. The van der Waals surface area contributed by atoms with Gasteiger partial charge in [-0.2, -0.15) is 0 Å². The van der Waals surface area contributed by atoms with Crippen molar-refractivity contribution in [2.75, 3.05) is 0 Å². The lowest BCUT2D eigenvalue weighted by atomic mass is 10.1. The summed E-state index contributed by atoms with van der Waals surface area (Å²) in [7, 11) is 0. The van der Waals surface area contributed by atoms with Crippen molar-refractivity contribution in [3.05, 3.63) is 35.4 Å². The number of hydrazine groups is 2. The third-order valence-electron chi connectivity index (χ3n) is 7.03. The summed E-state index contributed by atoms with van der Waals surface area (Å²) in [4.78, 5) is 49.0. The third-order valence-corrected chi connectivity index (χ3v) is 7.03. The number of nitrogens with one attached hydrogen (secondary N) is 4. The summed E-state index contributed by atoms with van der Waals surface area (Å²) in [5.74, 6) is -1.49. The number of unbranched alkanes of at least 4 members (excludes halogenated alkanes) is 16. The molecule has 0 saturated heterocycles. The number of hydrogen-bond donors (Lipinski definition) is 4. The second-order valence-electron chi connectivity index (χ2n) is 10.7. The number of rotatable bonds is 22. The summed E-state index contributed by atoms with van der Waals surface area (Å²) in [6, 6.07) is 6.12. The van der Waals surface area contributed by atoms with Crippen molar-refractivity contribution in [2.24, 2.45) is 0 Å². The van der Waals surface area contributed by atoms with Crippen molar-refractivity contribution < 1.29 is 19.2 Å². The van der Waals surface area contributed by atoms with Crippen molar-refractivity contribution in [1.82, 2.24) is 21.7 Å². The van der Waals surface area contributed by atoms with E-state index >= 15 is 0 Å². The fraction of sp³-hybridized carbons (Fsp3) is 0.688. The molecule has 0 saturated carbocycles. The summed E-state index contributed by atoms with van der Waals surface area (Å²) in [6.07, 6.45) is 21.8. The molecule has 0 fully saturated rings. The maximum absolute atomic E-state index is 12.4. The van der Waals surface area contributed by atoms with Crippen LogP contribution in [0.4, 0.5) is 0 Å². The predicted octanol–water partition coefficient (Wildman–Crippen LogP) is 7.05. The van der Waals surface area contributed by atoms with Gasteiger partial charge in [0.25, 0.3) is 11.8 Å². The predicted molar refractivity (Wildman–Crippen MR) is 161 cm³/mol. The minimum atomic E-state index is -0.510. The molecule has 0 radical (unpaired) electrons. The normalized spacial score (nSPS) is 10.7. The molecule has 0 unspecified atom stereocenters. The van der Waals surface area contributed by atoms with Gasteiger partial charge in [0, 0.05) is 24.0 Å². The molecule has 0 aliphatic carbocycles. The lowest BCUT2D eigenvalue weighted by molar-refractivity contribution is -0.122. The molecule has 0 aliphatic heterocycles. The number of benzene rings is 1. The molecule has 0 aromatic heterocycles. The quantitative estimate of drug-likeness (QED) is 0.0901. The van der Waals surface area contributed by atoms with Crippen LogP contribution in [0, 0.1) is 0 Å². The largest absolute Gasteiger partial charge is 0.273 e. The third kappa shape index (κ3) is 18.4. The minimum absolute atomic E-state index is 0.233. The van der Waals surface area contributed by atoms with Crippen molar-refractivity contribution in [3.8, 4) is 0 Å². The zero-order chi connectivity index (χ0) is 29.3. The van der Waals surface area contributed by atoms with Gasteiger partial charge < -0.3 is 0 Å². The molecular formula is C32H54N4O4. The van der Waals surface area contributed by atoms with E-state index < -0.39 is 11.8 Å². The van der Waals surface area contributed by atoms with E-state index in [-0.39, 0.29) is 22.9 Å². The molecule has 0 heterocycles. The molecule has 8 heteroatoms. The van der Waals surface area contributed by atoms with Gasteiger partial charge in [-0.15, -0.1) is 0 Å². The van der Waals surface area contributed by atoms with Gasteiger partial charge in [0.1, 0.15) is 0 Å². The van der Waals surface area contributed by atoms with Crippen LogP contribution in [-0.4, -0.2) is 23.6 Å². The Balaban J connectivity index is 2.21. The van der Waals surface area contributed by atoms with Gasteiger partial charge in [-0.1, -0.05) is 123 Å². The van der Waals surface area contributed by atoms with E-state index in [0.29, 0.717) is 12.8 Å². The van der Waals surface area contributed by atoms with Crippen molar-refractivity contribution in [2.45, 2.75) is 142 Å². The molecule has 4 amide bonds. The van der Waals surface area contributed by atoms with Crippen LogP contribution in [0.2, 0.25) is 0 Å². The van der Waals surface area contributed by atoms with Crippen LogP contribution in [0.1, 0.15) is 163 Å². The maximum Gasteiger partial charge on any atom is 0.269 e. The number of hydrogen-bond acceptors (Lipinski definition) is 4. The van der Waals surface area contributed by atoms with Crippen LogP contribution in [-0.2, 0) is 9.59 Å².